The third kappa shape index (κ3) is 4.39. The van der Waals surface area contributed by atoms with Crippen LogP contribution in [0.5, 0.6) is 0 Å². The summed E-state index contributed by atoms with van der Waals surface area (Å²) in [5.41, 5.74) is 3.15. The van der Waals surface area contributed by atoms with Crippen LogP contribution in [-0.2, 0) is 11.2 Å². The molecule has 6 heteroatoms. The molecule has 116 valence electrons. The maximum Gasteiger partial charge on any atom is 0.272 e. The number of benzene rings is 1. The molecule has 1 aromatic heterocycles. The summed E-state index contributed by atoms with van der Waals surface area (Å²) in [5, 5.41) is 4.49. The van der Waals surface area contributed by atoms with E-state index in [0.717, 1.165) is 12.0 Å². The maximum absolute atomic E-state index is 12.0. The van der Waals surface area contributed by atoms with Gasteiger partial charge in [-0.3, -0.25) is 9.59 Å². The van der Waals surface area contributed by atoms with Crippen LogP contribution >= 0.6 is 11.3 Å². The summed E-state index contributed by atoms with van der Waals surface area (Å²) in [7, 11) is 0. The van der Waals surface area contributed by atoms with Crippen molar-refractivity contribution < 1.29 is 9.59 Å². The van der Waals surface area contributed by atoms with Gasteiger partial charge in [0.2, 0.25) is 5.91 Å². The molecule has 0 unspecified atom stereocenters. The predicted molar refractivity (Wildman–Crippen MR) is 86.6 cm³/mol. The summed E-state index contributed by atoms with van der Waals surface area (Å²) in [4.78, 5) is 29.5. The van der Waals surface area contributed by atoms with Gasteiger partial charge in [-0.15, -0.1) is 11.3 Å². The third-order valence-corrected chi connectivity index (χ3v) is 3.95. The Morgan fingerprint density at radius 3 is 2.64 bits per heavy atom. The Bertz CT molecular complexity index is 614. The minimum absolute atomic E-state index is 0.0676. The Labute approximate surface area is 134 Å². The second-order valence-electron chi connectivity index (χ2n) is 4.97. The van der Waals surface area contributed by atoms with E-state index in [-0.39, 0.29) is 18.0 Å². The molecule has 0 radical (unpaired) electrons. The molecule has 0 saturated carbocycles. The Kier molecular flexibility index (Phi) is 5.66. The van der Waals surface area contributed by atoms with Crippen LogP contribution in [0.4, 0.5) is 0 Å². The largest absolute Gasteiger partial charge is 0.331 e. The van der Waals surface area contributed by atoms with Gasteiger partial charge in [-0.2, -0.15) is 0 Å². The number of nitrogens with one attached hydrogen (secondary N) is 1. The van der Waals surface area contributed by atoms with E-state index in [2.05, 4.69) is 10.3 Å². The van der Waals surface area contributed by atoms with Crippen LogP contribution in [0.25, 0.3) is 0 Å². The van der Waals surface area contributed by atoms with Crippen molar-refractivity contribution >= 4 is 23.2 Å². The molecule has 0 bridgehead atoms. The molecule has 0 aliphatic carbocycles. The van der Waals surface area contributed by atoms with Gasteiger partial charge in [0.15, 0.2) is 0 Å². The quantitative estimate of drug-likeness (QED) is 0.832. The fourth-order valence-corrected chi connectivity index (χ4v) is 2.72. The zero-order chi connectivity index (χ0) is 15.9. The lowest BCUT2D eigenvalue weighted by Gasteiger charge is -2.28. The summed E-state index contributed by atoms with van der Waals surface area (Å²) in [6, 6.07) is 9.96. The van der Waals surface area contributed by atoms with Gasteiger partial charge < -0.3 is 10.2 Å². The van der Waals surface area contributed by atoms with Gasteiger partial charge in [-0.1, -0.05) is 30.3 Å². The van der Waals surface area contributed by atoms with Crippen LogP contribution in [-0.4, -0.2) is 34.4 Å². The van der Waals surface area contributed by atoms with Crippen LogP contribution in [0, 0.1) is 0 Å². The van der Waals surface area contributed by atoms with E-state index in [1.54, 1.807) is 22.7 Å². The third-order valence-electron chi connectivity index (χ3n) is 3.36. The van der Waals surface area contributed by atoms with Gasteiger partial charge in [-0.25, -0.2) is 4.98 Å². The first-order valence-electron chi connectivity index (χ1n) is 7.08. The lowest BCUT2D eigenvalue weighted by molar-refractivity contribution is -0.131. The van der Waals surface area contributed by atoms with Crippen molar-refractivity contribution in [1.82, 2.24) is 15.2 Å². The molecule has 5 nitrogen and oxygen atoms in total. The molecule has 2 rings (SSSR count). The van der Waals surface area contributed by atoms with Gasteiger partial charge >= 0.3 is 0 Å². The minimum Gasteiger partial charge on any atom is -0.331 e. The molecule has 0 spiro atoms. The zero-order valence-corrected chi connectivity index (χ0v) is 13.5. The topological polar surface area (TPSA) is 62.3 Å². The standard InChI is InChI=1S/C16H19N3O2S/c1-12(18-16(21)15-10-22-11-17-15)19(13(2)20)9-8-14-6-4-3-5-7-14/h3-7,10-12H,8-9H2,1-2H3,(H,18,21)/t12-/m0/s1. The van der Waals surface area contributed by atoms with Crippen LogP contribution in [0.1, 0.15) is 29.9 Å². The van der Waals surface area contributed by atoms with Crippen molar-refractivity contribution in [3.63, 3.8) is 0 Å². The fraction of sp³-hybridized carbons (Fsp3) is 0.312. The molecule has 0 fully saturated rings. The molecule has 2 amide bonds. The first-order chi connectivity index (χ1) is 10.6. The Balaban J connectivity index is 1.95. The molecule has 1 N–H and O–H groups in total. The number of nitrogens with zero attached hydrogens (tertiary/aromatic N) is 2. The van der Waals surface area contributed by atoms with Gasteiger partial charge in [0.05, 0.1) is 5.51 Å². The predicted octanol–water partition coefficient (Wildman–Crippen LogP) is 2.31. The fourth-order valence-electron chi connectivity index (χ4n) is 2.18. The summed E-state index contributed by atoms with van der Waals surface area (Å²) in [5.74, 6) is -0.332. The molecule has 0 aliphatic rings. The second-order valence-corrected chi connectivity index (χ2v) is 5.69. The van der Waals surface area contributed by atoms with Crippen LogP contribution in [0.2, 0.25) is 0 Å². The normalized spacial score (nSPS) is 11.7. The highest BCUT2D eigenvalue weighted by atomic mass is 32.1. The lowest BCUT2D eigenvalue weighted by atomic mass is 10.1. The van der Waals surface area contributed by atoms with Crippen molar-refractivity contribution in [2.45, 2.75) is 26.4 Å². The number of carbonyl (C=O) groups is 2. The first kappa shape index (κ1) is 16.2. The van der Waals surface area contributed by atoms with Gasteiger partial charge in [0.1, 0.15) is 11.9 Å². The van der Waals surface area contributed by atoms with Crippen LogP contribution in [0.3, 0.4) is 0 Å². The smallest absolute Gasteiger partial charge is 0.272 e. The Morgan fingerprint density at radius 1 is 1.32 bits per heavy atom. The monoisotopic (exact) mass is 317 g/mol. The molecule has 1 heterocycles. The van der Waals surface area contributed by atoms with Gasteiger partial charge in [-0.05, 0) is 18.9 Å². The van der Waals surface area contributed by atoms with E-state index in [1.807, 2.05) is 30.3 Å². The highest BCUT2D eigenvalue weighted by Crippen LogP contribution is 2.06. The zero-order valence-electron chi connectivity index (χ0n) is 12.7. The van der Waals surface area contributed by atoms with E-state index in [0.29, 0.717) is 12.2 Å². The highest BCUT2D eigenvalue weighted by molar-refractivity contribution is 7.07. The highest BCUT2D eigenvalue weighted by Gasteiger charge is 2.19. The van der Waals surface area contributed by atoms with Crippen molar-refractivity contribution in [2.24, 2.45) is 0 Å². The molecule has 2 aromatic rings. The van der Waals surface area contributed by atoms with Crippen molar-refractivity contribution in [3.8, 4) is 0 Å². The van der Waals surface area contributed by atoms with Crippen LogP contribution in [0.15, 0.2) is 41.2 Å². The maximum atomic E-state index is 12.0. The summed E-state index contributed by atoms with van der Waals surface area (Å²) in [6.07, 6.45) is 0.368. The number of hydrogen-bond donors (Lipinski definition) is 1. The SMILES string of the molecule is CC(=O)N(CCc1ccccc1)[C@@H](C)NC(=O)c1cscn1. The van der Waals surface area contributed by atoms with E-state index in [1.165, 1.54) is 18.3 Å². The number of carbonyl (C=O) groups excluding carboxylic acids is 2. The van der Waals surface area contributed by atoms with Crippen LogP contribution < -0.4 is 5.32 Å². The minimum atomic E-state index is -0.379. The summed E-state index contributed by atoms with van der Waals surface area (Å²) >= 11 is 1.36. The van der Waals surface area contributed by atoms with Gasteiger partial charge in [0.25, 0.3) is 5.91 Å². The molecule has 1 aromatic carbocycles. The summed E-state index contributed by atoms with van der Waals surface area (Å²) < 4.78 is 0. The van der Waals surface area contributed by atoms with Crippen molar-refractivity contribution in [1.29, 1.82) is 0 Å². The molecule has 22 heavy (non-hydrogen) atoms. The van der Waals surface area contributed by atoms with E-state index < -0.39 is 0 Å². The lowest BCUT2D eigenvalue weighted by Crippen LogP contribution is -2.49. The van der Waals surface area contributed by atoms with E-state index in [4.69, 9.17) is 0 Å². The van der Waals surface area contributed by atoms with E-state index in [9.17, 15) is 9.59 Å². The molecular formula is C16H19N3O2S. The number of rotatable bonds is 6. The number of amides is 2. The number of hydrogen-bond acceptors (Lipinski definition) is 4. The summed E-state index contributed by atoms with van der Waals surface area (Å²) in [6.45, 7) is 3.87. The van der Waals surface area contributed by atoms with Crippen molar-refractivity contribution in [2.75, 3.05) is 6.54 Å². The molecule has 0 aliphatic heterocycles. The first-order valence-corrected chi connectivity index (χ1v) is 8.02. The van der Waals surface area contributed by atoms with E-state index >= 15 is 0 Å². The Morgan fingerprint density at radius 2 is 2.05 bits per heavy atom. The van der Waals surface area contributed by atoms with Gasteiger partial charge in [0, 0.05) is 18.8 Å². The van der Waals surface area contributed by atoms with Crippen molar-refractivity contribution in [3.05, 3.63) is 52.5 Å². The average Bonchev–Trinajstić information content (AvgIpc) is 3.02. The number of aromatic nitrogens is 1. The Hall–Kier alpha value is -2.21. The second kappa shape index (κ2) is 7.70. The number of thiazole rings is 1. The average molecular weight is 317 g/mol. The molecule has 1 atom stereocenters. The molecule has 0 saturated heterocycles. The molecular weight excluding hydrogens is 298 g/mol.